The van der Waals surface area contributed by atoms with Gasteiger partial charge in [-0.1, -0.05) is 23.7 Å². The van der Waals surface area contributed by atoms with Gasteiger partial charge in [0.2, 0.25) is 0 Å². The summed E-state index contributed by atoms with van der Waals surface area (Å²) in [6, 6.07) is 6.31. The highest BCUT2D eigenvalue weighted by Crippen LogP contribution is 2.19. The zero-order valence-electron chi connectivity index (χ0n) is 8.01. The molecule has 0 bridgehead atoms. The number of benzene rings is 1. The topological polar surface area (TPSA) is 59.3 Å². The zero-order chi connectivity index (χ0) is 11.0. The molecule has 1 heterocycles. The molecule has 78 valence electrons. The van der Waals surface area contributed by atoms with Crippen molar-refractivity contribution in [1.29, 1.82) is 0 Å². The van der Waals surface area contributed by atoms with Crippen LogP contribution in [0.2, 0.25) is 0 Å². The van der Waals surface area contributed by atoms with Gasteiger partial charge in [-0.25, -0.2) is 8.75 Å². The second kappa shape index (κ2) is 3.51. The van der Waals surface area contributed by atoms with Gasteiger partial charge in [-0.05, 0) is 19.1 Å². The molecule has 5 heteroatoms. The summed E-state index contributed by atoms with van der Waals surface area (Å²) in [5.74, 6) is -0.997. The average Bonchev–Trinajstić information content (AvgIpc) is 2.56. The van der Waals surface area contributed by atoms with E-state index in [1.54, 1.807) is 12.1 Å². The number of rotatable bonds is 2. The van der Waals surface area contributed by atoms with Crippen molar-refractivity contribution in [3.8, 4) is 0 Å². The van der Waals surface area contributed by atoms with Crippen LogP contribution in [0.1, 0.15) is 13.0 Å². The molecule has 0 radical (unpaired) electrons. The maximum Gasteiger partial charge on any atom is 0.327 e. The third-order valence-corrected chi connectivity index (χ3v) is 3.45. The molecular weight excluding hydrogens is 214 g/mol. The lowest BCUT2D eigenvalue weighted by atomic mass is 10.3. The van der Waals surface area contributed by atoms with E-state index < -0.39 is 12.0 Å². The fourth-order valence-corrected chi connectivity index (χ4v) is 2.38. The minimum absolute atomic E-state index is 0.231. The first-order valence-corrected chi connectivity index (χ1v) is 5.22. The van der Waals surface area contributed by atoms with E-state index in [-0.39, 0.29) is 5.56 Å². The van der Waals surface area contributed by atoms with Crippen LogP contribution in [0.4, 0.5) is 0 Å². The SMILES string of the molecule is C[C@@H](C(=O)O)n1sc2ccccc2c1=O. The number of aliphatic carboxylic acids is 1. The van der Waals surface area contributed by atoms with Crippen LogP contribution in [0, 0.1) is 0 Å². The van der Waals surface area contributed by atoms with Crippen molar-refractivity contribution < 1.29 is 9.90 Å². The molecule has 1 aromatic heterocycles. The Labute approximate surface area is 89.5 Å². The molecule has 1 N–H and O–H groups in total. The Morgan fingerprint density at radius 1 is 1.47 bits per heavy atom. The Hall–Kier alpha value is -1.62. The molecule has 0 aliphatic heterocycles. The van der Waals surface area contributed by atoms with Crippen molar-refractivity contribution in [3.05, 3.63) is 34.6 Å². The molecule has 0 saturated heterocycles. The molecule has 0 amide bonds. The highest BCUT2D eigenvalue weighted by Gasteiger charge is 2.18. The van der Waals surface area contributed by atoms with E-state index in [1.165, 1.54) is 22.4 Å². The molecule has 0 saturated carbocycles. The molecule has 1 aromatic carbocycles. The fourth-order valence-electron chi connectivity index (χ4n) is 1.34. The van der Waals surface area contributed by atoms with Gasteiger partial charge in [-0.15, -0.1) is 0 Å². The van der Waals surface area contributed by atoms with Crippen molar-refractivity contribution in [2.75, 3.05) is 0 Å². The third-order valence-electron chi connectivity index (χ3n) is 2.22. The lowest BCUT2D eigenvalue weighted by Crippen LogP contribution is -2.22. The first-order chi connectivity index (χ1) is 7.11. The monoisotopic (exact) mass is 223 g/mol. The van der Waals surface area contributed by atoms with Crippen molar-refractivity contribution in [2.24, 2.45) is 0 Å². The van der Waals surface area contributed by atoms with E-state index in [9.17, 15) is 9.59 Å². The van der Waals surface area contributed by atoms with Gasteiger partial charge >= 0.3 is 5.97 Å². The van der Waals surface area contributed by atoms with Gasteiger partial charge in [0.15, 0.2) is 0 Å². The second-order valence-corrected chi connectivity index (χ2v) is 4.25. The van der Waals surface area contributed by atoms with E-state index in [4.69, 9.17) is 5.11 Å². The normalized spacial score (nSPS) is 12.9. The summed E-state index contributed by atoms with van der Waals surface area (Å²) in [5.41, 5.74) is -0.231. The number of fused-ring (bicyclic) bond motifs is 1. The molecule has 2 aromatic rings. The Morgan fingerprint density at radius 3 is 2.73 bits per heavy atom. The summed E-state index contributed by atoms with van der Waals surface area (Å²) in [4.78, 5) is 22.6. The molecule has 4 nitrogen and oxygen atoms in total. The second-order valence-electron chi connectivity index (χ2n) is 3.23. The van der Waals surface area contributed by atoms with Gasteiger partial charge < -0.3 is 5.11 Å². The maximum atomic E-state index is 11.8. The summed E-state index contributed by atoms with van der Waals surface area (Å²) >= 11 is 1.18. The van der Waals surface area contributed by atoms with Gasteiger partial charge in [-0.2, -0.15) is 0 Å². The summed E-state index contributed by atoms with van der Waals surface area (Å²) in [5, 5.41) is 9.41. The molecular formula is C10H9NO3S. The molecule has 1 atom stereocenters. The molecule has 2 rings (SSSR count). The lowest BCUT2D eigenvalue weighted by molar-refractivity contribution is -0.140. The van der Waals surface area contributed by atoms with Gasteiger partial charge in [0.05, 0.1) is 10.1 Å². The van der Waals surface area contributed by atoms with Crippen molar-refractivity contribution in [3.63, 3.8) is 0 Å². The van der Waals surface area contributed by atoms with Gasteiger partial charge in [0.25, 0.3) is 5.56 Å². The Bertz CT molecular complexity index is 569. The highest BCUT2D eigenvalue weighted by atomic mass is 32.1. The molecule has 15 heavy (non-hydrogen) atoms. The summed E-state index contributed by atoms with van der Waals surface area (Å²) in [6.07, 6.45) is 0. The van der Waals surface area contributed by atoms with E-state index in [0.29, 0.717) is 5.39 Å². The fraction of sp³-hybridized carbons (Fsp3) is 0.200. The number of hydrogen-bond acceptors (Lipinski definition) is 3. The van der Waals surface area contributed by atoms with Crippen LogP contribution in [0.3, 0.4) is 0 Å². The molecule has 0 fully saturated rings. The van der Waals surface area contributed by atoms with E-state index >= 15 is 0 Å². The molecule has 0 aliphatic rings. The highest BCUT2D eigenvalue weighted by molar-refractivity contribution is 7.13. The van der Waals surface area contributed by atoms with E-state index in [0.717, 1.165) is 4.70 Å². The van der Waals surface area contributed by atoms with Crippen molar-refractivity contribution in [2.45, 2.75) is 13.0 Å². The maximum absolute atomic E-state index is 11.8. The number of nitrogens with zero attached hydrogens (tertiary/aromatic N) is 1. The van der Waals surface area contributed by atoms with Crippen molar-refractivity contribution >= 4 is 27.6 Å². The largest absolute Gasteiger partial charge is 0.480 e. The van der Waals surface area contributed by atoms with Crippen LogP contribution >= 0.6 is 11.5 Å². The Kier molecular flexibility index (Phi) is 2.32. The predicted molar refractivity (Wildman–Crippen MR) is 58.4 cm³/mol. The number of carboxylic acid groups (broad SMARTS) is 1. The van der Waals surface area contributed by atoms with Crippen LogP contribution < -0.4 is 5.56 Å². The standard InChI is InChI=1S/C10H9NO3S/c1-6(10(13)14)11-9(12)7-4-2-3-5-8(7)15-11/h2-6H,1H3,(H,13,14)/t6-/m0/s1. The minimum Gasteiger partial charge on any atom is -0.480 e. The zero-order valence-corrected chi connectivity index (χ0v) is 8.82. The summed E-state index contributed by atoms with van der Waals surface area (Å²) in [6.45, 7) is 1.50. The van der Waals surface area contributed by atoms with E-state index in [1.807, 2.05) is 12.1 Å². The Balaban J connectivity index is 2.68. The van der Waals surface area contributed by atoms with Gasteiger partial charge in [0.1, 0.15) is 6.04 Å². The summed E-state index contributed by atoms with van der Waals surface area (Å²) < 4.78 is 2.10. The molecule has 0 spiro atoms. The molecule has 0 aliphatic carbocycles. The predicted octanol–water partition coefficient (Wildman–Crippen LogP) is 1.71. The first kappa shape index (κ1) is 9.92. The van der Waals surface area contributed by atoms with Crippen LogP contribution in [-0.2, 0) is 4.79 Å². The van der Waals surface area contributed by atoms with Crippen molar-refractivity contribution in [1.82, 2.24) is 3.96 Å². The Morgan fingerprint density at radius 2 is 2.13 bits per heavy atom. The smallest absolute Gasteiger partial charge is 0.327 e. The minimum atomic E-state index is -0.997. The lowest BCUT2D eigenvalue weighted by Gasteiger charge is -2.03. The average molecular weight is 223 g/mol. The number of carbonyl (C=O) groups is 1. The van der Waals surface area contributed by atoms with Crippen LogP contribution in [0.25, 0.3) is 10.1 Å². The number of hydrogen-bond donors (Lipinski definition) is 1. The quantitative estimate of drug-likeness (QED) is 0.843. The summed E-state index contributed by atoms with van der Waals surface area (Å²) in [7, 11) is 0. The van der Waals surface area contributed by atoms with E-state index in [2.05, 4.69) is 0 Å². The van der Waals surface area contributed by atoms with Gasteiger partial charge in [0, 0.05) is 0 Å². The molecule has 0 unspecified atom stereocenters. The van der Waals surface area contributed by atoms with Crippen LogP contribution in [0.5, 0.6) is 0 Å². The van der Waals surface area contributed by atoms with Crippen LogP contribution in [-0.4, -0.2) is 15.0 Å². The third kappa shape index (κ3) is 1.55. The van der Waals surface area contributed by atoms with Crippen LogP contribution in [0.15, 0.2) is 29.1 Å². The first-order valence-electron chi connectivity index (χ1n) is 4.44. The van der Waals surface area contributed by atoms with Gasteiger partial charge in [-0.3, -0.25) is 4.79 Å². The number of carboxylic acids is 1. The number of aromatic nitrogens is 1.